The second-order valence-corrected chi connectivity index (χ2v) is 6.64. The van der Waals surface area contributed by atoms with E-state index >= 15 is 0 Å². The molecule has 0 saturated carbocycles. The molecular formula is C17H20N4O2S. The highest BCUT2D eigenvalue weighted by Gasteiger charge is 2.17. The van der Waals surface area contributed by atoms with Crippen LogP contribution in [0.5, 0.6) is 0 Å². The summed E-state index contributed by atoms with van der Waals surface area (Å²) < 4.78 is 1.60. The molecule has 0 aliphatic rings. The number of nitrogens with zero attached hydrogens (tertiary/aromatic N) is 2. The summed E-state index contributed by atoms with van der Waals surface area (Å²) in [5.74, 6) is 0.284. The van der Waals surface area contributed by atoms with Crippen LogP contribution in [0.25, 0.3) is 10.9 Å². The van der Waals surface area contributed by atoms with Crippen molar-refractivity contribution in [2.45, 2.75) is 38.4 Å². The number of rotatable bonds is 7. The molecule has 3 rings (SSSR count). The fraction of sp³-hybridized carbons (Fsp3) is 0.353. The Balaban J connectivity index is 1.78. The van der Waals surface area contributed by atoms with E-state index in [9.17, 15) is 9.59 Å². The number of aromatic amines is 2. The van der Waals surface area contributed by atoms with Crippen molar-refractivity contribution in [2.75, 3.05) is 5.75 Å². The number of thioether (sulfide) groups is 1. The zero-order chi connectivity index (χ0) is 17.1. The van der Waals surface area contributed by atoms with Gasteiger partial charge in [-0.3, -0.25) is 9.36 Å². The van der Waals surface area contributed by atoms with Crippen LogP contribution in [0, 0.1) is 6.92 Å². The zero-order valence-electron chi connectivity index (χ0n) is 13.8. The Labute approximate surface area is 143 Å². The topological polar surface area (TPSA) is 83.5 Å². The number of carbonyl (C=O) groups is 1. The van der Waals surface area contributed by atoms with Crippen LogP contribution in [-0.4, -0.2) is 31.3 Å². The van der Waals surface area contributed by atoms with Gasteiger partial charge in [0.25, 0.3) is 0 Å². The summed E-state index contributed by atoms with van der Waals surface area (Å²) in [7, 11) is 0. The van der Waals surface area contributed by atoms with E-state index in [1.54, 1.807) is 4.57 Å². The van der Waals surface area contributed by atoms with Gasteiger partial charge in [0.1, 0.15) is 0 Å². The molecule has 3 aromatic rings. The van der Waals surface area contributed by atoms with Crippen LogP contribution < -0.4 is 5.69 Å². The molecule has 2 aromatic heterocycles. The quantitative estimate of drug-likeness (QED) is 0.509. The van der Waals surface area contributed by atoms with E-state index in [4.69, 9.17) is 0 Å². The highest BCUT2D eigenvalue weighted by molar-refractivity contribution is 7.99. The van der Waals surface area contributed by atoms with Gasteiger partial charge in [-0.1, -0.05) is 43.3 Å². The average molecular weight is 344 g/mol. The van der Waals surface area contributed by atoms with Gasteiger partial charge in [-0.05, 0) is 19.4 Å². The lowest BCUT2D eigenvalue weighted by Gasteiger charge is -2.04. The molecule has 6 nitrogen and oxygen atoms in total. The Hall–Kier alpha value is -2.28. The third-order valence-electron chi connectivity index (χ3n) is 3.96. The van der Waals surface area contributed by atoms with Crippen LogP contribution in [-0.2, 0) is 6.54 Å². The highest BCUT2D eigenvalue weighted by atomic mass is 32.2. The minimum absolute atomic E-state index is 0.0347. The smallest absolute Gasteiger partial charge is 0.343 e. The van der Waals surface area contributed by atoms with E-state index in [1.807, 2.05) is 31.2 Å². The van der Waals surface area contributed by atoms with Crippen LogP contribution >= 0.6 is 11.8 Å². The molecule has 7 heteroatoms. The first-order chi connectivity index (χ1) is 11.6. The number of aromatic nitrogens is 4. The SMILES string of the molecule is CCCCn1c(SCC(=O)c2c(C)[nH]c3ccccc23)n[nH]c1=O. The Kier molecular flexibility index (Phi) is 4.89. The van der Waals surface area contributed by atoms with Crippen molar-refractivity contribution in [3.05, 3.63) is 46.0 Å². The minimum atomic E-state index is -0.221. The van der Waals surface area contributed by atoms with E-state index in [2.05, 4.69) is 22.1 Å². The van der Waals surface area contributed by atoms with Gasteiger partial charge in [-0.25, -0.2) is 9.89 Å². The number of aryl methyl sites for hydroxylation is 1. The maximum absolute atomic E-state index is 12.7. The molecule has 1 aromatic carbocycles. The van der Waals surface area contributed by atoms with Crippen molar-refractivity contribution in [3.63, 3.8) is 0 Å². The minimum Gasteiger partial charge on any atom is -0.358 e. The first-order valence-corrected chi connectivity index (χ1v) is 8.99. The largest absolute Gasteiger partial charge is 0.358 e. The number of Topliss-reactive ketones (excluding diaryl/α,β-unsaturated/α-hetero) is 1. The Morgan fingerprint density at radius 2 is 2.12 bits per heavy atom. The lowest BCUT2D eigenvalue weighted by atomic mass is 10.1. The number of unbranched alkanes of at least 4 members (excludes halogenated alkanes) is 1. The molecule has 2 heterocycles. The van der Waals surface area contributed by atoms with Crippen molar-refractivity contribution in [3.8, 4) is 0 Å². The molecule has 0 aliphatic heterocycles. The van der Waals surface area contributed by atoms with Crippen LogP contribution in [0.1, 0.15) is 35.8 Å². The lowest BCUT2D eigenvalue weighted by Crippen LogP contribution is -2.18. The predicted octanol–water partition coefficient (Wildman–Crippen LogP) is 3.14. The third-order valence-corrected chi connectivity index (χ3v) is 4.94. The van der Waals surface area contributed by atoms with Gasteiger partial charge in [0.15, 0.2) is 10.9 Å². The second kappa shape index (κ2) is 7.09. The number of nitrogens with one attached hydrogen (secondary N) is 2. The fourth-order valence-electron chi connectivity index (χ4n) is 2.77. The van der Waals surface area contributed by atoms with Crippen LogP contribution in [0.2, 0.25) is 0 Å². The maximum atomic E-state index is 12.7. The van der Waals surface area contributed by atoms with Crippen molar-refractivity contribution in [2.24, 2.45) is 0 Å². The summed E-state index contributed by atoms with van der Waals surface area (Å²) in [6.45, 7) is 4.60. The summed E-state index contributed by atoms with van der Waals surface area (Å²) in [5.41, 5.74) is 2.33. The summed E-state index contributed by atoms with van der Waals surface area (Å²) in [6.07, 6.45) is 1.90. The van der Waals surface area contributed by atoms with Gasteiger partial charge in [0.2, 0.25) is 0 Å². The number of benzene rings is 1. The van der Waals surface area contributed by atoms with Gasteiger partial charge < -0.3 is 4.98 Å². The number of hydrogen-bond donors (Lipinski definition) is 2. The van der Waals surface area contributed by atoms with Gasteiger partial charge in [-0.15, -0.1) is 5.10 Å². The maximum Gasteiger partial charge on any atom is 0.343 e. The number of ketones is 1. The third kappa shape index (κ3) is 3.17. The molecule has 2 N–H and O–H groups in total. The summed E-state index contributed by atoms with van der Waals surface area (Å²) >= 11 is 1.30. The van der Waals surface area contributed by atoms with Crippen molar-refractivity contribution < 1.29 is 4.79 Å². The molecule has 24 heavy (non-hydrogen) atoms. The predicted molar refractivity (Wildman–Crippen MR) is 95.8 cm³/mol. The lowest BCUT2D eigenvalue weighted by molar-refractivity contribution is 0.102. The normalized spacial score (nSPS) is 11.2. The number of hydrogen-bond acceptors (Lipinski definition) is 4. The Morgan fingerprint density at radius 1 is 1.33 bits per heavy atom. The van der Waals surface area contributed by atoms with Gasteiger partial charge >= 0.3 is 5.69 Å². The highest BCUT2D eigenvalue weighted by Crippen LogP contribution is 2.24. The number of para-hydroxylation sites is 1. The molecule has 0 radical (unpaired) electrons. The van der Waals surface area contributed by atoms with Crippen molar-refractivity contribution >= 4 is 28.4 Å². The molecule has 0 amide bonds. The van der Waals surface area contributed by atoms with Crippen LogP contribution in [0.15, 0.2) is 34.2 Å². The summed E-state index contributed by atoms with van der Waals surface area (Å²) in [6, 6.07) is 7.78. The fourth-order valence-corrected chi connectivity index (χ4v) is 3.61. The first kappa shape index (κ1) is 16.6. The van der Waals surface area contributed by atoms with Gasteiger partial charge in [-0.2, -0.15) is 0 Å². The molecule has 0 saturated heterocycles. The molecular weight excluding hydrogens is 324 g/mol. The zero-order valence-corrected chi connectivity index (χ0v) is 14.6. The van der Waals surface area contributed by atoms with Crippen LogP contribution in [0.4, 0.5) is 0 Å². The second-order valence-electron chi connectivity index (χ2n) is 5.70. The molecule has 0 spiro atoms. The number of fused-ring (bicyclic) bond motifs is 1. The average Bonchev–Trinajstić information content (AvgIpc) is 3.09. The molecule has 0 unspecified atom stereocenters. The molecule has 126 valence electrons. The van der Waals surface area contributed by atoms with Crippen molar-refractivity contribution in [1.29, 1.82) is 0 Å². The molecule has 0 fully saturated rings. The van der Waals surface area contributed by atoms with E-state index < -0.39 is 0 Å². The monoisotopic (exact) mass is 344 g/mol. The summed E-state index contributed by atoms with van der Waals surface area (Å²) in [5, 5.41) is 8.00. The molecule has 0 aliphatic carbocycles. The number of H-pyrrole nitrogens is 2. The van der Waals surface area contributed by atoms with Crippen molar-refractivity contribution in [1.82, 2.24) is 19.7 Å². The Morgan fingerprint density at radius 3 is 2.92 bits per heavy atom. The van der Waals surface area contributed by atoms with E-state index in [-0.39, 0.29) is 17.2 Å². The Bertz CT molecular complexity index is 922. The van der Waals surface area contributed by atoms with E-state index in [0.717, 1.165) is 35.0 Å². The van der Waals surface area contributed by atoms with E-state index in [1.165, 1.54) is 11.8 Å². The first-order valence-electron chi connectivity index (χ1n) is 8.00. The summed E-state index contributed by atoms with van der Waals surface area (Å²) in [4.78, 5) is 27.7. The molecule has 0 atom stereocenters. The van der Waals surface area contributed by atoms with Gasteiger partial charge in [0.05, 0.1) is 5.75 Å². The van der Waals surface area contributed by atoms with Gasteiger partial charge in [0, 0.05) is 28.7 Å². The standard InChI is InChI=1S/C17H20N4O2S/c1-3-4-9-21-16(23)19-20-17(21)24-10-14(22)15-11(2)18-13-8-6-5-7-12(13)15/h5-8,18H,3-4,9-10H2,1-2H3,(H,19,23). The number of carbonyl (C=O) groups excluding carboxylic acids is 1. The van der Waals surface area contributed by atoms with E-state index in [0.29, 0.717) is 11.7 Å². The molecule has 0 bridgehead atoms. The van der Waals surface area contributed by atoms with Crippen LogP contribution in [0.3, 0.4) is 0 Å².